The first-order chi connectivity index (χ1) is 10.9. The summed E-state index contributed by atoms with van der Waals surface area (Å²) in [4.78, 5) is 28.0. The number of nitrogens with zero attached hydrogens (tertiary/aromatic N) is 1. The Kier molecular flexibility index (Phi) is 5.58. The van der Waals surface area contributed by atoms with Crippen LogP contribution in [0.1, 0.15) is 27.6 Å². The number of Topliss-reactive ketones (excluding diaryl/α,β-unsaturated/α-hetero) is 1. The van der Waals surface area contributed by atoms with Crippen LogP contribution in [0.15, 0.2) is 36.5 Å². The van der Waals surface area contributed by atoms with Gasteiger partial charge in [0.25, 0.3) is 0 Å². The van der Waals surface area contributed by atoms with Crippen molar-refractivity contribution in [2.24, 2.45) is 0 Å². The molecule has 2 rings (SSSR count). The molecule has 0 bridgehead atoms. The molecule has 2 aromatic rings. The second-order valence-corrected chi connectivity index (χ2v) is 5.40. The highest BCUT2D eigenvalue weighted by molar-refractivity contribution is 6.41. The number of benzene rings is 1. The predicted octanol–water partition coefficient (Wildman–Crippen LogP) is 3.83. The Morgan fingerprint density at radius 1 is 1.13 bits per heavy atom. The Bertz CT molecular complexity index is 731. The Labute approximate surface area is 143 Å². The van der Waals surface area contributed by atoms with Gasteiger partial charge in [-0.2, -0.15) is 0 Å². The summed E-state index contributed by atoms with van der Waals surface area (Å²) in [7, 11) is 1.53. The van der Waals surface area contributed by atoms with Crippen molar-refractivity contribution >= 4 is 35.0 Å². The van der Waals surface area contributed by atoms with Crippen LogP contribution < -0.4 is 4.74 Å². The van der Waals surface area contributed by atoms with Gasteiger partial charge in [0.2, 0.25) is 5.78 Å². The van der Waals surface area contributed by atoms with Crippen molar-refractivity contribution in [3.63, 3.8) is 0 Å². The molecule has 0 spiro atoms. The molecule has 0 aliphatic rings. The summed E-state index contributed by atoms with van der Waals surface area (Å²) in [5.41, 5.74) is 0.534. The lowest BCUT2D eigenvalue weighted by Gasteiger charge is -2.12. The third-order valence-electron chi connectivity index (χ3n) is 3.06. The highest BCUT2D eigenvalue weighted by Gasteiger charge is 2.21. The average Bonchev–Trinajstić information content (AvgIpc) is 2.56. The van der Waals surface area contributed by atoms with Crippen molar-refractivity contribution in [2.75, 3.05) is 7.11 Å². The van der Waals surface area contributed by atoms with Gasteiger partial charge in [-0.25, -0.2) is 9.78 Å². The van der Waals surface area contributed by atoms with Gasteiger partial charge in [0.1, 0.15) is 10.9 Å². The van der Waals surface area contributed by atoms with Crippen LogP contribution in [0.2, 0.25) is 10.2 Å². The zero-order valence-corrected chi connectivity index (χ0v) is 13.9. The fourth-order valence-electron chi connectivity index (χ4n) is 1.80. The third-order valence-corrected chi connectivity index (χ3v) is 3.75. The molecule has 7 heteroatoms. The van der Waals surface area contributed by atoms with Gasteiger partial charge < -0.3 is 9.47 Å². The van der Waals surface area contributed by atoms with Crippen LogP contribution in [0.25, 0.3) is 0 Å². The van der Waals surface area contributed by atoms with Gasteiger partial charge in [0.15, 0.2) is 6.10 Å². The van der Waals surface area contributed by atoms with Gasteiger partial charge in [0.05, 0.1) is 17.7 Å². The number of ketones is 1. The molecule has 1 atom stereocenters. The minimum atomic E-state index is -0.953. The Balaban J connectivity index is 2.07. The molecule has 0 radical (unpaired) electrons. The van der Waals surface area contributed by atoms with Crippen LogP contribution in [0.4, 0.5) is 0 Å². The van der Waals surface area contributed by atoms with Crippen molar-refractivity contribution in [2.45, 2.75) is 13.0 Å². The van der Waals surface area contributed by atoms with Crippen molar-refractivity contribution in [3.8, 4) is 5.75 Å². The lowest BCUT2D eigenvalue weighted by Crippen LogP contribution is -2.24. The zero-order chi connectivity index (χ0) is 17.0. The first-order valence-electron chi connectivity index (χ1n) is 6.62. The molecule has 5 nitrogen and oxygen atoms in total. The normalized spacial score (nSPS) is 11.7. The smallest absolute Gasteiger partial charge is 0.340 e. The van der Waals surface area contributed by atoms with E-state index in [9.17, 15) is 9.59 Å². The number of rotatable bonds is 5. The molecular formula is C16H13Cl2NO4. The largest absolute Gasteiger partial charge is 0.497 e. The third kappa shape index (κ3) is 4.21. The van der Waals surface area contributed by atoms with E-state index in [0.29, 0.717) is 11.3 Å². The molecule has 120 valence electrons. The average molecular weight is 354 g/mol. The van der Waals surface area contributed by atoms with Crippen LogP contribution in [0, 0.1) is 0 Å². The second kappa shape index (κ2) is 7.44. The van der Waals surface area contributed by atoms with Gasteiger partial charge in [0, 0.05) is 11.8 Å². The molecule has 0 unspecified atom stereocenters. The highest BCUT2D eigenvalue weighted by atomic mass is 35.5. The van der Waals surface area contributed by atoms with Crippen LogP contribution in [-0.4, -0.2) is 30.0 Å². The number of halogens is 2. The number of hydrogen-bond donors (Lipinski definition) is 0. The molecular weight excluding hydrogens is 341 g/mol. The van der Waals surface area contributed by atoms with Crippen LogP contribution in [0.3, 0.4) is 0 Å². The van der Waals surface area contributed by atoms with E-state index >= 15 is 0 Å². The first kappa shape index (κ1) is 17.2. The molecule has 0 fully saturated rings. The maximum atomic E-state index is 12.3. The number of methoxy groups -OCH3 is 1. The van der Waals surface area contributed by atoms with Crippen molar-refractivity contribution in [1.82, 2.24) is 4.98 Å². The van der Waals surface area contributed by atoms with Gasteiger partial charge in [-0.15, -0.1) is 0 Å². The van der Waals surface area contributed by atoms with Crippen LogP contribution in [0.5, 0.6) is 5.75 Å². The summed E-state index contributed by atoms with van der Waals surface area (Å²) >= 11 is 11.5. The summed E-state index contributed by atoms with van der Waals surface area (Å²) in [5, 5.41) is 0.223. The predicted molar refractivity (Wildman–Crippen MR) is 86.5 cm³/mol. The molecule has 0 saturated carbocycles. The maximum Gasteiger partial charge on any atom is 0.340 e. The number of pyridine rings is 1. The Hall–Kier alpha value is -2.11. The molecule has 0 N–H and O–H groups in total. The first-order valence-corrected chi connectivity index (χ1v) is 7.38. The van der Waals surface area contributed by atoms with Crippen LogP contribution >= 0.6 is 23.2 Å². The minimum Gasteiger partial charge on any atom is -0.497 e. The van der Waals surface area contributed by atoms with E-state index < -0.39 is 12.1 Å². The van der Waals surface area contributed by atoms with Crippen molar-refractivity contribution in [1.29, 1.82) is 0 Å². The van der Waals surface area contributed by atoms with Gasteiger partial charge in [-0.1, -0.05) is 23.2 Å². The van der Waals surface area contributed by atoms with Gasteiger partial charge in [-0.05, 0) is 37.3 Å². The minimum absolute atomic E-state index is 0.0885. The van der Waals surface area contributed by atoms with Gasteiger partial charge in [-0.3, -0.25) is 4.79 Å². The molecule has 1 aromatic heterocycles. The number of carbonyl (C=O) groups is 2. The molecule has 1 heterocycles. The number of aromatic nitrogens is 1. The van der Waals surface area contributed by atoms with E-state index in [-0.39, 0.29) is 21.5 Å². The van der Waals surface area contributed by atoms with E-state index in [1.807, 2.05) is 0 Å². The van der Waals surface area contributed by atoms with Crippen LogP contribution in [-0.2, 0) is 4.74 Å². The standard InChI is InChI=1S/C16H13Cl2NO4/c1-9(14(20)10-3-5-12(22-2)6-4-10)23-16(21)11-7-13(17)15(18)19-8-11/h3-9H,1-2H3/t9-/m0/s1. The number of hydrogen-bond acceptors (Lipinski definition) is 5. The SMILES string of the molecule is COc1ccc(C(=O)[C@H](C)OC(=O)c2cnc(Cl)c(Cl)c2)cc1. The van der Waals surface area contributed by atoms with Crippen molar-refractivity contribution in [3.05, 3.63) is 57.8 Å². The summed E-state index contributed by atoms with van der Waals surface area (Å²) in [6, 6.07) is 7.86. The van der Waals surface area contributed by atoms with E-state index in [1.54, 1.807) is 24.3 Å². The molecule has 0 amide bonds. The molecule has 0 aliphatic carbocycles. The number of esters is 1. The van der Waals surface area contributed by atoms with E-state index in [1.165, 1.54) is 26.3 Å². The summed E-state index contributed by atoms with van der Waals surface area (Å²) in [6.07, 6.45) is 0.284. The van der Waals surface area contributed by atoms with E-state index in [0.717, 1.165) is 0 Å². The maximum absolute atomic E-state index is 12.3. The Morgan fingerprint density at radius 2 is 1.78 bits per heavy atom. The van der Waals surface area contributed by atoms with Crippen molar-refractivity contribution < 1.29 is 19.1 Å². The molecule has 0 aliphatic heterocycles. The summed E-state index contributed by atoms with van der Waals surface area (Å²) in [5.74, 6) is -0.396. The summed E-state index contributed by atoms with van der Waals surface area (Å²) < 4.78 is 10.2. The number of carbonyl (C=O) groups excluding carboxylic acids is 2. The topological polar surface area (TPSA) is 65.5 Å². The molecule has 1 aromatic carbocycles. The van der Waals surface area contributed by atoms with E-state index in [2.05, 4.69) is 4.98 Å². The monoisotopic (exact) mass is 353 g/mol. The highest BCUT2D eigenvalue weighted by Crippen LogP contribution is 2.21. The summed E-state index contributed by atoms with van der Waals surface area (Å²) in [6.45, 7) is 1.50. The van der Waals surface area contributed by atoms with Gasteiger partial charge >= 0.3 is 5.97 Å². The molecule has 0 saturated heterocycles. The lowest BCUT2D eigenvalue weighted by molar-refractivity contribution is 0.0318. The second-order valence-electron chi connectivity index (χ2n) is 4.64. The van der Waals surface area contributed by atoms with E-state index in [4.69, 9.17) is 32.7 Å². The zero-order valence-electron chi connectivity index (χ0n) is 12.4. The fraction of sp³-hybridized carbons (Fsp3) is 0.188. The quantitative estimate of drug-likeness (QED) is 0.464. The fourth-order valence-corrected chi connectivity index (χ4v) is 2.07. The number of ether oxygens (including phenoxy) is 2. The Morgan fingerprint density at radius 3 is 2.35 bits per heavy atom. The molecule has 23 heavy (non-hydrogen) atoms. The lowest BCUT2D eigenvalue weighted by atomic mass is 10.1.